The topological polar surface area (TPSA) is 313 Å². The van der Waals surface area contributed by atoms with E-state index in [0.29, 0.717) is 5.56 Å². The molecule has 1 aliphatic rings. The number of aryl methyl sites for hydroxylation is 1. The first-order chi connectivity index (χ1) is 19.2. The number of aromatic nitrogens is 1. The second kappa shape index (κ2) is 15.3. The summed E-state index contributed by atoms with van der Waals surface area (Å²) in [6.45, 7) is -0.831. The zero-order valence-electron chi connectivity index (χ0n) is 22.1. The molecule has 2 rings (SSSR count). The van der Waals surface area contributed by atoms with Gasteiger partial charge in [0.15, 0.2) is 24.8 Å². The van der Waals surface area contributed by atoms with Crippen molar-refractivity contribution < 1.29 is 69.3 Å². The molecule has 17 heteroatoms. The van der Waals surface area contributed by atoms with E-state index in [2.05, 4.69) is 0 Å². The molecule has 0 bridgehead atoms. The SMILES string of the molecule is N[C@@H](CCc1c[n+](C[C@@H](CC[C@H](N)C(=O)O)O[C@@H]2O[C@H](CO)[C@H](O)[C@H](O)[C@H]2O)cc(O)c1C[C@H](N)C(=O)O)C(=O)O. The van der Waals surface area contributed by atoms with Crippen molar-refractivity contribution >= 4 is 17.9 Å². The zero-order valence-corrected chi connectivity index (χ0v) is 22.1. The molecule has 0 amide bonds. The number of pyridine rings is 1. The summed E-state index contributed by atoms with van der Waals surface area (Å²) < 4.78 is 12.6. The molecule has 0 unspecified atom stereocenters. The van der Waals surface area contributed by atoms with Crippen molar-refractivity contribution in [1.29, 1.82) is 0 Å². The predicted molar refractivity (Wildman–Crippen MR) is 135 cm³/mol. The number of ether oxygens (including phenoxy) is 2. The predicted octanol–water partition coefficient (Wildman–Crippen LogP) is -4.64. The first kappa shape index (κ1) is 34.2. The van der Waals surface area contributed by atoms with Crippen LogP contribution in [0.5, 0.6) is 5.75 Å². The average molecular weight is 592 g/mol. The lowest BCUT2D eigenvalue weighted by atomic mass is 9.96. The van der Waals surface area contributed by atoms with Crippen LogP contribution >= 0.6 is 0 Å². The van der Waals surface area contributed by atoms with Crippen LogP contribution in [0.3, 0.4) is 0 Å². The van der Waals surface area contributed by atoms with Crippen LogP contribution in [0.25, 0.3) is 0 Å². The highest BCUT2D eigenvalue weighted by atomic mass is 16.7. The van der Waals surface area contributed by atoms with E-state index in [4.69, 9.17) is 31.8 Å². The van der Waals surface area contributed by atoms with Crippen LogP contribution in [0.2, 0.25) is 0 Å². The number of hydrogen-bond donors (Lipinski definition) is 11. The maximum absolute atomic E-state index is 11.3. The highest BCUT2D eigenvalue weighted by Crippen LogP contribution is 2.25. The number of carboxylic acid groups (broad SMARTS) is 3. The molecule has 0 spiro atoms. The van der Waals surface area contributed by atoms with Crippen molar-refractivity contribution in [2.24, 2.45) is 17.2 Å². The monoisotopic (exact) mass is 591 g/mol. The first-order valence-electron chi connectivity index (χ1n) is 12.8. The van der Waals surface area contributed by atoms with Gasteiger partial charge in [0.1, 0.15) is 48.6 Å². The molecule has 1 aliphatic heterocycles. The van der Waals surface area contributed by atoms with Crippen molar-refractivity contribution in [2.75, 3.05) is 6.61 Å². The van der Waals surface area contributed by atoms with E-state index in [-0.39, 0.29) is 50.0 Å². The molecule has 2 heterocycles. The van der Waals surface area contributed by atoms with Crippen molar-refractivity contribution in [3.8, 4) is 5.75 Å². The van der Waals surface area contributed by atoms with Crippen LogP contribution in [0.15, 0.2) is 12.4 Å². The number of rotatable bonds is 16. The molecule has 0 aromatic carbocycles. The molecular weight excluding hydrogens is 552 g/mol. The Balaban J connectivity index is 2.39. The lowest BCUT2D eigenvalue weighted by Gasteiger charge is -2.40. The highest BCUT2D eigenvalue weighted by molar-refractivity contribution is 5.74. The van der Waals surface area contributed by atoms with Gasteiger partial charge < -0.3 is 67.5 Å². The Morgan fingerprint density at radius 1 is 0.878 bits per heavy atom. The second-order valence-corrected chi connectivity index (χ2v) is 9.95. The van der Waals surface area contributed by atoms with E-state index in [9.17, 15) is 50.1 Å². The van der Waals surface area contributed by atoms with Crippen LogP contribution in [0.4, 0.5) is 0 Å². The number of aromatic hydroxyl groups is 1. The summed E-state index contributed by atoms with van der Waals surface area (Å²) in [4.78, 5) is 33.8. The van der Waals surface area contributed by atoms with Crippen molar-refractivity contribution in [3.05, 3.63) is 23.5 Å². The summed E-state index contributed by atoms with van der Waals surface area (Å²) in [5.74, 6) is -4.23. The smallest absolute Gasteiger partial charge is 0.320 e. The van der Waals surface area contributed by atoms with Crippen molar-refractivity contribution in [1.82, 2.24) is 0 Å². The van der Waals surface area contributed by atoms with Gasteiger partial charge in [0.05, 0.1) is 6.61 Å². The van der Waals surface area contributed by atoms with E-state index >= 15 is 0 Å². The van der Waals surface area contributed by atoms with Gasteiger partial charge in [-0.3, -0.25) is 14.4 Å². The summed E-state index contributed by atoms with van der Waals surface area (Å²) in [6.07, 6.45) is -6.64. The highest BCUT2D eigenvalue weighted by Gasteiger charge is 2.45. The second-order valence-electron chi connectivity index (χ2n) is 9.95. The molecule has 1 aromatic rings. The average Bonchev–Trinajstić information content (AvgIpc) is 2.91. The molecule has 9 atom stereocenters. The van der Waals surface area contributed by atoms with Gasteiger partial charge >= 0.3 is 17.9 Å². The summed E-state index contributed by atoms with van der Waals surface area (Å²) in [5, 5.41) is 78.3. The van der Waals surface area contributed by atoms with E-state index in [0.717, 1.165) is 0 Å². The van der Waals surface area contributed by atoms with E-state index < -0.39 is 79.5 Å². The fraction of sp³-hybridized carbons (Fsp3) is 0.667. The molecule has 1 aromatic heterocycles. The lowest BCUT2D eigenvalue weighted by molar-refractivity contribution is -0.706. The number of aliphatic hydroxyl groups excluding tert-OH is 4. The molecule has 0 saturated carbocycles. The third-order valence-electron chi connectivity index (χ3n) is 6.80. The van der Waals surface area contributed by atoms with Crippen LogP contribution in [0.1, 0.15) is 30.4 Å². The first-order valence-corrected chi connectivity index (χ1v) is 12.8. The number of aliphatic carboxylic acids is 3. The van der Waals surface area contributed by atoms with Gasteiger partial charge in [-0.25, -0.2) is 0 Å². The number of nitrogens with zero attached hydrogens (tertiary/aromatic N) is 1. The van der Waals surface area contributed by atoms with E-state index in [1.807, 2.05) is 0 Å². The number of aliphatic hydroxyl groups is 4. The summed E-state index contributed by atoms with van der Waals surface area (Å²) in [7, 11) is 0. The van der Waals surface area contributed by atoms with E-state index in [1.165, 1.54) is 17.0 Å². The number of hydrogen-bond acceptors (Lipinski definition) is 13. The summed E-state index contributed by atoms with van der Waals surface area (Å²) >= 11 is 0. The number of carbonyl (C=O) groups is 3. The minimum Gasteiger partial charge on any atom is -0.503 e. The van der Waals surface area contributed by atoms with Gasteiger partial charge in [0.2, 0.25) is 6.20 Å². The fourth-order valence-corrected chi connectivity index (χ4v) is 4.31. The maximum atomic E-state index is 11.3. The fourth-order valence-electron chi connectivity index (χ4n) is 4.31. The van der Waals surface area contributed by atoms with Crippen molar-refractivity contribution in [3.63, 3.8) is 0 Å². The Kier molecular flexibility index (Phi) is 12.8. The Morgan fingerprint density at radius 2 is 1.46 bits per heavy atom. The minimum atomic E-state index is -1.74. The molecule has 17 nitrogen and oxygen atoms in total. The number of carboxylic acids is 3. The molecule has 41 heavy (non-hydrogen) atoms. The maximum Gasteiger partial charge on any atom is 0.320 e. The van der Waals surface area contributed by atoms with Gasteiger partial charge in [-0.15, -0.1) is 0 Å². The van der Waals surface area contributed by atoms with Crippen LogP contribution in [0, 0.1) is 0 Å². The molecule has 0 radical (unpaired) electrons. The molecule has 1 fully saturated rings. The zero-order chi connectivity index (χ0) is 31.0. The summed E-state index contributed by atoms with van der Waals surface area (Å²) in [6, 6.07) is -3.89. The quantitative estimate of drug-likeness (QED) is 0.0805. The normalized spacial score (nSPS) is 25.7. The standard InChI is InChI=1S/C24H38N4O13/c25-13(21(34)35)3-1-10-6-28(8-16(30)12(10)5-15(27)23(38)39)7-11(2-4-14(26)22(36)37)40-24-20(33)19(32)18(31)17(9-29)41-24/h6,8,11,13-15,17-20,24,29,31-33H,1-5,7,9,25-27H2,(H3-,30,34,35,36,37,38,39)/p+1/t11-,13+,14+,15+,17-,18+,19+,20-,24-/m1/s1. The Labute approximate surface area is 234 Å². The Hall–Kier alpha value is -3.00. The van der Waals surface area contributed by atoms with Gasteiger partial charge in [0.25, 0.3) is 0 Å². The molecule has 14 N–H and O–H groups in total. The van der Waals surface area contributed by atoms with Crippen molar-refractivity contribution in [2.45, 2.75) is 93.6 Å². The Morgan fingerprint density at radius 3 is 2.02 bits per heavy atom. The van der Waals surface area contributed by atoms with Crippen LogP contribution in [-0.2, 0) is 43.2 Å². The van der Waals surface area contributed by atoms with Gasteiger partial charge in [0, 0.05) is 17.5 Å². The summed E-state index contributed by atoms with van der Waals surface area (Å²) in [5.41, 5.74) is 17.4. The molecule has 1 saturated heterocycles. The van der Waals surface area contributed by atoms with Crippen LogP contribution in [-0.4, -0.2) is 120 Å². The minimum absolute atomic E-state index is 0.0195. The number of nitrogens with two attached hydrogens (primary N) is 3. The Bertz CT molecular complexity index is 1060. The van der Waals surface area contributed by atoms with Gasteiger partial charge in [-0.2, -0.15) is 4.57 Å². The third-order valence-corrected chi connectivity index (χ3v) is 6.80. The molecular formula is C24H39N4O13+. The van der Waals surface area contributed by atoms with Crippen LogP contribution < -0.4 is 21.8 Å². The third kappa shape index (κ3) is 9.52. The van der Waals surface area contributed by atoms with E-state index in [1.54, 1.807) is 0 Å². The van der Waals surface area contributed by atoms with Gasteiger partial charge in [-0.1, -0.05) is 0 Å². The lowest BCUT2D eigenvalue weighted by Crippen LogP contribution is -2.60. The molecule has 232 valence electrons. The largest absolute Gasteiger partial charge is 0.503 e. The molecule has 0 aliphatic carbocycles. The van der Waals surface area contributed by atoms with Gasteiger partial charge in [-0.05, 0) is 25.7 Å².